The number of piperazine rings is 1. The molecule has 1 aliphatic heterocycles. The van der Waals surface area contributed by atoms with E-state index >= 15 is 0 Å². The maximum absolute atomic E-state index is 12.6. The minimum atomic E-state index is -0.194. The van der Waals surface area contributed by atoms with Gasteiger partial charge in [-0.3, -0.25) is 14.5 Å². The Morgan fingerprint density at radius 2 is 1.64 bits per heavy atom. The van der Waals surface area contributed by atoms with Gasteiger partial charge in [0.05, 0.1) is 6.54 Å². The minimum Gasteiger partial charge on any atom is -0.350 e. The molecular weight excluding hydrogens is 361 g/mol. The molecule has 138 valence electrons. The molecule has 0 aromatic heterocycles. The third kappa shape index (κ3) is 5.87. The van der Waals surface area contributed by atoms with Crippen LogP contribution in [0.3, 0.4) is 0 Å². The summed E-state index contributed by atoms with van der Waals surface area (Å²) in [7, 11) is 0. The first-order valence-electron chi connectivity index (χ1n) is 8.49. The Morgan fingerprint density at radius 1 is 1.08 bits per heavy atom. The summed E-state index contributed by atoms with van der Waals surface area (Å²) in [6.07, 6.45) is 0.878. The molecule has 1 saturated heterocycles. The second-order valence-corrected chi connectivity index (χ2v) is 7.88. The molecule has 25 heavy (non-hydrogen) atoms. The van der Waals surface area contributed by atoms with Crippen molar-refractivity contribution in [1.82, 2.24) is 15.1 Å². The molecule has 0 aliphatic carbocycles. The van der Waals surface area contributed by atoms with E-state index in [1.54, 1.807) is 23.1 Å². The summed E-state index contributed by atoms with van der Waals surface area (Å²) < 4.78 is 0. The van der Waals surface area contributed by atoms with Crippen LogP contribution in [0.5, 0.6) is 0 Å². The van der Waals surface area contributed by atoms with Crippen LogP contribution in [-0.2, 0) is 4.79 Å². The molecule has 5 nitrogen and oxygen atoms in total. The molecule has 1 aromatic rings. The highest BCUT2D eigenvalue weighted by Crippen LogP contribution is 2.20. The fourth-order valence-electron chi connectivity index (χ4n) is 2.68. The minimum absolute atomic E-state index is 0.0215. The number of hydrogen-bond donors (Lipinski definition) is 1. The van der Waals surface area contributed by atoms with Gasteiger partial charge in [0.25, 0.3) is 5.91 Å². The van der Waals surface area contributed by atoms with Crippen LogP contribution in [0, 0.1) is 0 Å². The van der Waals surface area contributed by atoms with E-state index in [1.807, 2.05) is 20.8 Å². The number of benzene rings is 1. The number of halogens is 2. The summed E-state index contributed by atoms with van der Waals surface area (Å²) in [6, 6.07) is 4.86. The number of rotatable bonds is 5. The largest absolute Gasteiger partial charge is 0.350 e. The van der Waals surface area contributed by atoms with Gasteiger partial charge in [-0.25, -0.2) is 0 Å². The first-order chi connectivity index (χ1) is 11.7. The molecule has 0 atom stereocenters. The van der Waals surface area contributed by atoms with Gasteiger partial charge in [-0.1, -0.05) is 30.1 Å². The van der Waals surface area contributed by atoms with E-state index in [9.17, 15) is 9.59 Å². The standard InChI is InChI=1S/C18H25Cl2N3O2/c1-4-18(2,3)21-16(24)12-22-5-7-23(8-6-22)17(25)13-9-14(19)11-15(20)10-13/h9-11H,4-8,12H2,1-3H3,(H,21,24). The van der Waals surface area contributed by atoms with E-state index < -0.39 is 0 Å². The van der Waals surface area contributed by atoms with Gasteiger partial charge in [-0.2, -0.15) is 0 Å². The lowest BCUT2D eigenvalue weighted by Crippen LogP contribution is -2.53. The van der Waals surface area contributed by atoms with E-state index in [1.165, 1.54) is 0 Å². The number of carbonyl (C=O) groups is 2. The normalized spacial score (nSPS) is 16.0. The molecule has 2 amide bonds. The van der Waals surface area contributed by atoms with Crippen molar-refractivity contribution in [3.05, 3.63) is 33.8 Å². The van der Waals surface area contributed by atoms with Crippen LogP contribution in [0.2, 0.25) is 10.0 Å². The fourth-order valence-corrected chi connectivity index (χ4v) is 3.20. The van der Waals surface area contributed by atoms with E-state index in [4.69, 9.17) is 23.2 Å². The monoisotopic (exact) mass is 385 g/mol. The maximum atomic E-state index is 12.6. The van der Waals surface area contributed by atoms with Crippen molar-refractivity contribution in [3.8, 4) is 0 Å². The molecule has 1 fully saturated rings. The van der Waals surface area contributed by atoms with Crippen molar-refractivity contribution in [2.24, 2.45) is 0 Å². The Morgan fingerprint density at radius 3 is 2.16 bits per heavy atom. The molecule has 1 N–H and O–H groups in total. The van der Waals surface area contributed by atoms with Gasteiger partial charge in [0.2, 0.25) is 5.91 Å². The number of amides is 2. The highest BCUT2D eigenvalue weighted by molar-refractivity contribution is 6.35. The summed E-state index contributed by atoms with van der Waals surface area (Å²) in [5.74, 6) is -0.0612. The average Bonchev–Trinajstić information content (AvgIpc) is 2.53. The maximum Gasteiger partial charge on any atom is 0.254 e. The van der Waals surface area contributed by atoms with Gasteiger partial charge in [0.1, 0.15) is 0 Å². The van der Waals surface area contributed by atoms with E-state index in [2.05, 4.69) is 10.2 Å². The zero-order valence-electron chi connectivity index (χ0n) is 14.9. The quantitative estimate of drug-likeness (QED) is 0.846. The van der Waals surface area contributed by atoms with Crippen LogP contribution < -0.4 is 5.32 Å². The second-order valence-electron chi connectivity index (χ2n) is 7.01. The number of carbonyl (C=O) groups excluding carboxylic acids is 2. The fraction of sp³-hybridized carbons (Fsp3) is 0.556. The lowest BCUT2D eigenvalue weighted by molar-refractivity contribution is -0.124. The third-order valence-corrected chi connectivity index (χ3v) is 4.93. The molecule has 1 aliphatic rings. The molecule has 1 aromatic carbocycles. The zero-order valence-corrected chi connectivity index (χ0v) is 16.5. The lowest BCUT2D eigenvalue weighted by atomic mass is 10.0. The molecule has 0 unspecified atom stereocenters. The molecule has 0 radical (unpaired) electrons. The number of hydrogen-bond acceptors (Lipinski definition) is 3. The first-order valence-corrected chi connectivity index (χ1v) is 9.24. The smallest absolute Gasteiger partial charge is 0.254 e. The van der Waals surface area contributed by atoms with Gasteiger partial charge < -0.3 is 10.2 Å². The SMILES string of the molecule is CCC(C)(C)NC(=O)CN1CCN(C(=O)c2cc(Cl)cc(Cl)c2)CC1. The van der Waals surface area contributed by atoms with Gasteiger partial charge in [-0.05, 0) is 38.5 Å². The molecule has 0 bridgehead atoms. The summed E-state index contributed by atoms with van der Waals surface area (Å²) in [5, 5.41) is 3.93. The molecule has 7 heteroatoms. The summed E-state index contributed by atoms with van der Waals surface area (Å²) >= 11 is 11.9. The predicted octanol–water partition coefficient (Wildman–Crippen LogP) is 3.06. The Bertz CT molecular complexity index is 621. The summed E-state index contributed by atoms with van der Waals surface area (Å²) in [6.45, 7) is 8.91. The van der Waals surface area contributed by atoms with Gasteiger partial charge in [0, 0.05) is 47.3 Å². The average molecular weight is 386 g/mol. The zero-order chi connectivity index (χ0) is 18.6. The molecule has 1 heterocycles. The topological polar surface area (TPSA) is 52.7 Å². The summed E-state index contributed by atoms with van der Waals surface area (Å²) in [5.41, 5.74) is 0.300. The molecular formula is C18H25Cl2N3O2. The van der Waals surface area contributed by atoms with Crippen molar-refractivity contribution in [1.29, 1.82) is 0 Å². The van der Waals surface area contributed by atoms with Crippen LogP contribution in [0.4, 0.5) is 0 Å². The number of nitrogens with zero attached hydrogens (tertiary/aromatic N) is 2. The molecule has 0 saturated carbocycles. The lowest BCUT2D eigenvalue weighted by Gasteiger charge is -2.35. The van der Waals surface area contributed by atoms with Crippen LogP contribution in [0.15, 0.2) is 18.2 Å². The van der Waals surface area contributed by atoms with Crippen molar-refractivity contribution >= 4 is 35.0 Å². The van der Waals surface area contributed by atoms with Gasteiger partial charge in [0.15, 0.2) is 0 Å². The Balaban J connectivity index is 1.87. The molecule has 2 rings (SSSR count). The van der Waals surface area contributed by atoms with Crippen molar-refractivity contribution in [3.63, 3.8) is 0 Å². The van der Waals surface area contributed by atoms with Gasteiger partial charge >= 0.3 is 0 Å². The Kier molecular flexibility index (Phi) is 6.72. The van der Waals surface area contributed by atoms with Crippen LogP contribution >= 0.6 is 23.2 Å². The van der Waals surface area contributed by atoms with E-state index in [0.29, 0.717) is 48.3 Å². The van der Waals surface area contributed by atoms with Crippen molar-refractivity contribution in [2.75, 3.05) is 32.7 Å². The first kappa shape index (κ1) is 20.0. The van der Waals surface area contributed by atoms with Crippen LogP contribution in [0.25, 0.3) is 0 Å². The molecule has 0 spiro atoms. The Labute approximate surface area is 159 Å². The van der Waals surface area contributed by atoms with Gasteiger partial charge in [-0.15, -0.1) is 0 Å². The van der Waals surface area contributed by atoms with E-state index in [-0.39, 0.29) is 17.4 Å². The van der Waals surface area contributed by atoms with E-state index in [0.717, 1.165) is 6.42 Å². The van der Waals surface area contributed by atoms with Crippen LogP contribution in [-0.4, -0.2) is 59.9 Å². The van der Waals surface area contributed by atoms with Crippen LogP contribution in [0.1, 0.15) is 37.6 Å². The Hall–Kier alpha value is -1.30. The second kappa shape index (κ2) is 8.39. The summed E-state index contributed by atoms with van der Waals surface area (Å²) in [4.78, 5) is 28.5. The number of nitrogens with one attached hydrogen (secondary N) is 1. The predicted molar refractivity (Wildman–Crippen MR) is 101 cm³/mol. The third-order valence-electron chi connectivity index (χ3n) is 4.50. The van der Waals surface area contributed by atoms with Crippen molar-refractivity contribution in [2.45, 2.75) is 32.7 Å². The van der Waals surface area contributed by atoms with Crippen molar-refractivity contribution < 1.29 is 9.59 Å². The highest BCUT2D eigenvalue weighted by Gasteiger charge is 2.25. The highest BCUT2D eigenvalue weighted by atomic mass is 35.5.